The second-order valence-electron chi connectivity index (χ2n) is 6.69. The number of hydrogen-bond acceptors (Lipinski definition) is 4. The monoisotopic (exact) mass is 386 g/mol. The van der Waals surface area contributed by atoms with Crippen LogP contribution in [0.25, 0.3) is 0 Å². The van der Waals surface area contributed by atoms with Gasteiger partial charge in [-0.15, -0.1) is 0 Å². The zero-order valence-corrected chi connectivity index (χ0v) is 16.6. The van der Waals surface area contributed by atoms with Crippen LogP contribution in [-0.4, -0.2) is 56.5 Å². The molecule has 2 rings (SSSR count). The molecule has 1 atom stereocenters. The van der Waals surface area contributed by atoms with Crippen molar-refractivity contribution >= 4 is 17.8 Å². The topological polar surface area (TPSA) is 105 Å². The van der Waals surface area contributed by atoms with Crippen molar-refractivity contribution in [1.82, 2.24) is 19.8 Å². The van der Waals surface area contributed by atoms with E-state index in [0.29, 0.717) is 12.1 Å². The Balaban J connectivity index is 2.29. The molecule has 28 heavy (non-hydrogen) atoms. The molecule has 8 heteroatoms. The van der Waals surface area contributed by atoms with Crippen LogP contribution in [0.1, 0.15) is 41.3 Å². The molecule has 150 valence electrons. The van der Waals surface area contributed by atoms with Gasteiger partial charge >= 0.3 is 5.97 Å². The van der Waals surface area contributed by atoms with Gasteiger partial charge in [0.05, 0.1) is 17.8 Å². The van der Waals surface area contributed by atoms with Gasteiger partial charge in [-0.3, -0.25) is 14.6 Å². The number of carbonyl (C=O) groups is 3. The Labute approximate surface area is 164 Å². The van der Waals surface area contributed by atoms with E-state index in [9.17, 15) is 19.5 Å². The standard InChI is InChI=1S/C20H26N4O4/c1-13-11-18(14(2)24(13)12-17-7-5-6-8-22-17)19(26)23(15(3)20(27)28)10-9-21-16(4)25/h5-8,11,15H,9-10,12H2,1-4H3,(H,21,25)(H,27,28). The lowest BCUT2D eigenvalue weighted by molar-refractivity contribution is -0.141. The predicted molar refractivity (Wildman–Crippen MR) is 104 cm³/mol. The van der Waals surface area contributed by atoms with Crippen molar-refractivity contribution in [3.8, 4) is 0 Å². The number of nitrogens with zero attached hydrogens (tertiary/aromatic N) is 3. The SMILES string of the molecule is CC(=O)NCCN(C(=O)c1cc(C)n(Cc2ccccn2)c1C)C(C)C(=O)O. The summed E-state index contributed by atoms with van der Waals surface area (Å²) < 4.78 is 1.98. The van der Waals surface area contributed by atoms with Crippen molar-refractivity contribution in [3.63, 3.8) is 0 Å². The van der Waals surface area contributed by atoms with Crippen molar-refractivity contribution < 1.29 is 19.5 Å². The predicted octanol–water partition coefficient (Wildman–Crippen LogP) is 1.60. The molecule has 1 unspecified atom stereocenters. The Hall–Kier alpha value is -3.16. The normalized spacial score (nSPS) is 11.7. The minimum atomic E-state index is -1.10. The number of hydrogen-bond donors (Lipinski definition) is 2. The van der Waals surface area contributed by atoms with E-state index in [-0.39, 0.29) is 24.9 Å². The summed E-state index contributed by atoms with van der Waals surface area (Å²) in [4.78, 5) is 41.3. The molecular formula is C20H26N4O4. The van der Waals surface area contributed by atoms with Crippen LogP contribution in [0.15, 0.2) is 30.5 Å². The van der Waals surface area contributed by atoms with Gasteiger partial charge in [-0.1, -0.05) is 6.07 Å². The minimum absolute atomic E-state index is 0.107. The molecule has 8 nitrogen and oxygen atoms in total. The summed E-state index contributed by atoms with van der Waals surface area (Å²) in [6, 6.07) is 6.40. The molecule has 0 radical (unpaired) electrons. The van der Waals surface area contributed by atoms with Gasteiger partial charge in [0.25, 0.3) is 5.91 Å². The van der Waals surface area contributed by atoms with Crippen LogP contribution in [0.4, 0.5) is 0 Å². The van der Waals surface area contributed by atoms with Crippen LogP contribution >= 0.6 is 0 Å². The van der Waals surface area contributed by atoms with Crippen LogP contribution in [0.2, 0.25) is 0 Å². The highest BCUT2D eigenvalue weighted by atomic mass is 16.4. The largest absolute Gasteiger partial charge is 0.480 e. The summed E-state index contributed by atoms with van der Waals surface area (Å²) in [6.07, 6.45) is 1.72. The fourth-order valence-corrected chi connectivity index (χ4v) is 3.03. The molecule has 0 fully saturated rings. The average Bonchev–Trinajstić information content (AvgIpc) is 2.93. The number of pyridine rings is 1. The van der Waals surface area contributed by atoms with Crippen molar-refractivity contribution in [2.75, 3.05) is 13.1 Å². The van der Waals surface area contributed by atoms with Gasteiger partial charge in [0.15, 0.2) is 0 Å². The van der Waals surface area contributed by atoms with Crippen LogP contribution in [0.3, 0.4) is 0 Å². The van der Waals surface area contributed by atoms with Crippen LogP contribution in [0, 0.1) is 13.8 Å². The van der Waals surface area contributed by atoms with E-state index in [1.807, 2.05) is 36.6 Å². The van der Waals surface area contributed by atoms with Crippen LogP contribution in [0.5, 0.6) is 0 Å². The van der Waals surface area contributed by atoms with Crippen LogP contribution < -0.4 is 5.32 Å². The lowest BCUT2D eigenvalue weighted by Gasteiger charge is -2.26. The Kier molecular flexibility index (Phi) is 6.92. The highest BCUT2D eigenvalue weighted by molar-refractivity contribution is 5.98. The zero-order valence-electron chi connectivity index (χ0n) is 16.6. The van der Waals surface area contributed by atoms with Crippen LogP contribution in [-0.2, 0) is 16.1 Å². The Morgan fingerprint density at radius 2 is 2.00 bits per heavy atom. The number of aromatic nitrogens is 2. The first-order valence-corrected chi connectivity index (χ1v) is 9.07. The second-order valence-corrected chi connectivity index (χ2v) is 6.69. The molecule has 2 aromatic rings. The Bertz CT molecular complexity index is 861. The minimum Gasteiger partial charge on any atom is -0.480 e. The number of rotatable bonds is 8. The van der Waals surface area contributed by atoms with Crippen molar-refractivity contribution in [2.24, 2.45) is 0 Å². The van der Waals surface area contributed by atoms with Gasteiger partial charge in [-0.2, -0.15) is 0 Å². The first kappa shape index (κ1) is 21.1. The van der Waals surface area contributed by atoms with Gasteiger partial charge in [-0.25, -0.2) is 4.79 Å². The maximum atomic E-state index is 13.1. The third-order valence-electron chi connectivity index (χ3n) is 4.66. The molecule has 0 aliphatic heterocycles. The van der Waals surface area contributed by atoms with E-state index in [2.05, 4.69) is 10.3 Å². The fourth-order valence-electron chi connectivity index (χ4n) is 3.03. The maximum Gasteiger partial charge on any atom is 0.326 e. The molecule has 2 aromatic heterocycles. The third-order valence-corrected chi connectivity index (χ3v) is 4.66. The number of carbonyl (C=O) groups excluding carboxylic acids is 2. The third kappa shape index (κ3) is 4.97. The summed E-state index contributed by atoms with van der Waals surface area (Å²) in [6.45, 7) is 7.38. The number of aliphatic carboxylic acids is 1. The van der Waals surface area contributed by atoms with E-state index >= 15 is 0 Å². The molecular weight excluding hydrogens is 360 g/mol. The first-order valence-electron chi connectivity index (χ1n) is 9.07. The zero-order chi connectivity index (χ0) is 20.8. The van der Waals surface area contributed by atoms with E-state index in [1.54, 1.807) is 12.3 Å². The number of carboxylic acid groups (broad SMARTS) is 1. The Morgan fingerprint density at radius 1 is 1.29 bits per heavy atom. The lowest BCUT2D eigenvalue weighted by Crippen LogP contribution is -2.46. The highest BCUT2D eigenvalue weighted by Crippen LogP contribution is 2.19. The van der Waals surface area contributed by atoms with Gasteiger partial charge < -0.3 is 19.9 Å². The van der Waals surface area contributed by atoms with Gasteiger partial charge in [0, 0.05) is 37.6 Å². The number of amides is 2. The molecule has 0 aromatic carbocycles. The van der Waals surface area contributed by atoms with E-state index in [0.717, 1.165) is 17.1 Å². The van der Waals surface area contributed by atoms with E-state index < -0.39 is 12.0 Å². The highest BCUT2D eigenvalue weighted by Gasteiger charge is 2.28. The lowest BCUT2D eigenvalue weighted by atomic mass is 10.1. The molecule has 0 aliphatic carbocycles. The number of aryl methyl sites for hydroxylation is 1. The summed E-state index contributed by atoms with van der Waals surface area (Å²) in [5.41, 5.74) is 2.95. The number of carboxylic acids is 1. The average molecular weight is 386 g/mol. The van der Waals surface area contributed by atoms with Crippen molar-refractivity contribution in [1.29, 1.82) is 0 Å². The van der Waals surface area contributed by atoms with E-state index in [1.165, 1.54) is 18.7 Å². The first-order chi connectivity index (χ1) is 13.2. The summed E-state index contributed by atoms with van der Waals surface area (Å²) in [7, 11) is 0. The second kappa shape index (κ2) is 9.16. The summed E-state index contributed by atoms with van der Waals surface area (Å²) in [5, 5.41) is 12.0. The maximum absolute atomic E-state index is 13.1. The smallest absolute Gasteiger partial charge is 0.326 e. The molecule has 0 saturated carbocycles. The van der Waals surface area contributed by atoms with Gasteiger partial charge in [0.1, 0.15) is 6.04 Å². The summed E-state index contributed by atoms with van der Waals surface area (Å²) in [5.74, 6) is -1.71. The van der Waals surface area contributed by atoms with Crippen molar-refractivity contribution in [3.05, 3.63) is 53.1 Å². The van der Waals surface area contributed by atoms with E-state index in [4.69, 9.17) is 0 Å². The Morgan fingerprint density at radius 3 is 2.57 bits per heavy atom. The summed E-state index contributed by atoms with van der Waals surface area (Å²) >= 11 is 0. The molecule has 0 saturated heterocycles. The molecule has 2 heterocycles. The fraction of sp³-hybridized carbons (Fsp3) is 0.400. The molecule has 0 aliphatic rings. The van der Waals surface area contributed by atoms with Gasteiger partial charge in [0.2, 0.25) is 5.91 Å². The molecule has 0 bridgehead atoms. The molecule has 2 N–H and O–H groups in total. The quantitative estimate of drug-likeness (QED) is 0.717. The number of nitrogens with one attached hydrogen (secondary N) is 1. The van der Waals surface area contributed by atoms with Gasteiger partial charge in [-0.05, 0) is 39.0 Å². The van der Waals surface area contributed by atoms with Crippen molar-refractivity contribution in [2.45, 2.75) is 40.3 Å². The molecule has 0 spiro atoms. The molecule has 2 amide bonds.